The van der Waals surface area contributed by atoms with Gasteiger partial charge in [-0.3, -0.25) is 0 Å². The Morgan fingerprint density at radius 2 is 1.79 bits per heavy atom. The molecule has 0 heterocycles. The van der Waals surface area contributed by atoms with Gasteiger partial charge in [-0.25, -0.2) is 0 Å². The van der Waals surface area contributed by atoms with E-state index < -0.39 is 0 Å². The average Bonchev–Trinajstić information content (AvgIpc) is 2.44. The van der Waals surface area contributed by atoms with Gasteiger partial charge < -0.3 is 15.2 Å². The fourth-order valence-electron chi connectivity index (χ4n) is 2.16. The number of methoxy groups -OCH3 is 1. The molecule has 0 aliphatic rings. The first-order valence-electron chi connectivity index (χ1n) is 7.17. The van der Waals surface area contributed by atoms with Crippen molar-refractivity contribution >= 4 is 0 Å². The standard InChI is InChI=1S/C16H27NO2/c1-5-7-12(3)19-16(15(17)6-2)13-8-10-14(18-4)11-9-13/h8-12,15-16H,5-7,17H2,1-4H3. The summed E-state index contributed by atoms with van der Waals surface area (Å²) in [5, 5.41) is 0. The zero-order valence-electron chi connectivity index (χ0n) is 12.6. The number of benzene rings is 1. The van der Waals surface area contributed by atoms with Gasteiger partial charge in [0.15, 0.2) is 0 Å². The van der Waals surface area contributed by atoms with Crippen LogP contribution in [0.2, 0.25) is 0 Å². The molecular weight excluding hydrogens is 238 g/mol. The van der Waals surface area contributed by atoms with Crippen LogP contribution in [0.4, 0.5) is 0 Å². The molecule has 1 rings (SSSR count). The molecule has 19 heavy (non-hydrogen) atoms. The molecule has 0 saturated heterocycles. The van der Waals surface area contributed by atoms with Crippen molar-refractivity contribution in [2.45, 2.75) is 58.3 Å². The average molecular weight is 265 g/mol. The summed E-state index contributed by atoms with van der Waals surface area (Å²) < 4.78 is 11.3. The lowest BCUT2D eigenvalue weighted by atomic mass is 10.00. The van der Waals surface area contributed by atoms with Gasteiger partial charge in [0.2, 0.25) is 0 Å². The van der Waals surface area contributed by atoms with Crippen molar-refractivity contribution in [2.75, 3.05) is 7.11 Å². The van der Waals surface area contributed by atoms with Crippen LogP contribution in [-0.2, 0) is 4.74 Å². The molecular formula is C16H27NO2. The molecule has 0 radical (unpaired) electrons. The largest absolute Gasteiger partial charge is 0.497 e. The monoisotopic (exact) mass is 265 g/mol. The minimum Gasteiger partial charge on any atom is -0.497 e. The number of rotatable bonds is 8. The Morgan fingerprint density at radius 1 is 1.16 bits per heavy atom. The Hall–Kier alpha value is -1.06. The molecule has 3 heteroatoms. The van der Waals surface area contributed by atoms with Crippen molar-refractivity contribution in [3.05, 3.63) is 29.8 Å². The minimum absolute atomic E-state index is 0.0210. The lowest BCUT2D eigenvalue weighted by Gasteiger charge is -2.27. The van der Waals surface area contributed by atoms with E-state index in [2.05, 4.69) is 20.8 Å². The van der Waals surface area contributed by atoms with E-state index >= 15 is 0 Å². The van der Waals surface area contributed by atoms with Crippen LogP contribution in [0.15, 0.2) is 24.3 Å². The predicted molar refractivity (Wildman–Crippen MR) is 79.5 cm³/mol. The summed E-state index contributed by atoms with van der Waals surface area (Å²) in [6.07, 6.45) is 3.27. The molecule has 1 aromatic carbocycles. The van der Waals surface area contributed by atoms with Crippen molar-refractivity contribution < 1.29 is 9.47 Å². The Balaban J connectivity index is 2.82. The van der Waals surface area contributed by atoms with Crippen LogP contribution in [-0.4, -0.2) is 19.3 Å². The third-order valence-corrected chi connectivity index (χ3v) is 3.38. The SMILES string of the molecule is CCCC(C)OC(c1ccc(OC)cc1)C(N)CC. The third kappa shape index (κ3) is 4.84. The molecule has 0 fully saturated rings. The van der Waals surface area contributed by atoms with E-state index in [4.69, 9.17) is 15.2 Å². The number of hydrogen-bond acceptors (Lipinski definition) is 3. The van der Waals surface area contributed by atoms with Gasteiger partial charge in [-0.15, -0.1) is 0 Å². The molecule has 3 atom stereocenters. The minimum atomic E-state index is -0.0440. The molecule has 108 valence electrons. The molecule has 1 aromatic rings. The zero-order chi connectivity index (χ0) is 14.3. The van der Waals surface area contributed by atoms with E-state index in [-0.39, 0.29) is 18.2 Å². The summed E-state index contributed by atoms with van der Waals surface area (Å²) in [4.78, 5) is 0. The van der Waals surface area contributed by atoms with Gasteiger partial charge in [0.1, 0.15) is 5.75 Å². The first-order valence-corrected chi connectivity index (χ1v) is 7.17. The molecule has 0 spiro atoms. The predicted octanol–water partition coefficient (Wildman–Crippen LogP) is 3.68. The number of ether oxygens (including phenoxy) is 2. The van der Waals surface area contributed by atoms with Crippen molar-refractivity contribution in [3.8, 4) is 5.75 Å². The van der Waals surface area contributed by atoms with Crippen LogP contribution in [0.25, 0.3) is 0 Å². The van der Waals surface area contributed by atoms with Crippen LogP contribution in [0.1, 0.15) is 51.7 Å². The van der Waals surface area contributed by atoms with E-state index in [1.807, 2.05) is 24.3 Å². The molecule has 0 aliphatic heterocycles. The maximum absolute atomic E-state index is 6.21. The Kier molecular flexibility index (Phi) is 6.89. The van der Waals surface area contributed by atoms with Crippen LogP contribution < -0.4 is 10.5 Å². The second kappa shape index (κ2) is 8.18. The lowest BCUT2D eigenvalue weighted by molar-refractivity contribution is -0.0222. The molecule has 0 saturated carbocycles. The Bertz CT molecular complexity index is 350. The Labute approximate surface area is 117 Å². The molecule has 3 unspecified atom stereocenters. The maximum Gasteiger partial charge on any atom is 0.118 e. The number of nitrogens with two attached hydrogens (primary N) is 1. The summed E-state index contributed by atoms with van der Waals surface area (Å²) in [6.45, 7) is 6.37. The molecule has 0 aliphatic carbocycles. The Morgan fingerprint density at radius 3 is 2.26 bits per heavy atom. The van der Waals surface area contributed by atoms with E-state index in [9.17, 15) is 0 Å². The highest BCUT2D eigenvalue weighted by atomic mass is 16.5. The van der Waals surface area contributed by atoms with Crippen molar-refractivity contribution in [1.29, 1.82) is 0 Å². The van der Waals surface area contributed by atoms with Gasteiger partial charge in [0.25, 0.3) is 0 Å². The van der Waals surface area contributed by atoms with Gasteiger partial charge in [-0.05, 0) is 37.5 Å². The first-order chi connectivity index (χ1) is 9.12. The maximum atomic E-state index is 6.21. The van der Waals surface area contributed by atoms with Gasteiger partial charge >= 0.3 is 0 Å². The number of hydrogen-bond donors (Lipinski definition) is 1. The van der Waals surface area contributed by atoms with E-state index in [0.29, 0.717) is 0 Å². The molecule has 2 N–H and O–H groups in total. The summed E-state index contributed by atoms with van der Waals surface area (Å²) in [5.74, 6) is 0.856. The van der Waals surface area contributed by atoms with Crippen LogP contribution in [0.3, 0.4) is 0 Å². The van der Waals surface area contributed by atoms with Gasteiger partial charge in [0.05, 0.1) is 19.3 Å². The fourth-order valence-corrected chi connectivity index (χ4v) is 2.16. The van der Waals surface area contributed by atoms with Crippen molar-refractivity contribution in [3.63, 3.8) is 0 Å². The highest BCUT2D eigenvalue weighted by Crippen LogP contribution is 2.26. The third-order valence-electron chi connectivity index (χ3n) is 3.38. The highest BCUT2D eigenvalue weighted by molar-refractivity contribution is 5.29. The normalized spacial score (nSPS) is 15.8. The van der Waals surface area contributed by atoms with E-state index in [1.54, 1.807) is 7.11 Å². The summed E-state index contributed by atoms with van der Waals surface area (Å²) in [5.41, 5.74) is 7.33. The van der Waals surface area contributed by atoms with Crippen molar-refractivity contribution in [1.82, 2.24) is 0 Å². The molecule has 3 nitrogen and oxygen atoms in total. The quantitative estimate of drug-likeness (QED) is 0.780. The van der Waals surface area contributed by atoms with Crippen LogP contribution in [0, 0.1) is 0 Å². The molecule has 0 amide bonds. The second-order valence-corrected chi connectivity index (χ2v) is 5.00. The van der Waals surface area contributed by atoms with E-state index in [1.165, 1.54) is 0 Å². The fraction of sp³-hybridized carbons (Fsp3) is 0.625. The second-order valence-electron chi connectivity index (χ2n) is 5.00. The van der Waals surface area contributed by atoms with Gasteiger partial charge in [0, 0.05) is 6.04 Å². The smallest absolute Gasteiger partial charge is 0.118 e. The van der Waals surface area contributed by atoms with Crippen LogP contribution >= 0.6 is 0 Å². The van der Waals surface area contributed by atoms with Gasteiger partial charge in [-0.2, -0.15) is 0 Å². The summed E-state index contributed by atoms with van der Waals surface area (Å²) in [6, 6.07) is 8.01. The first kappa shape index (κ1) is 16.0. The highest BCUT2D eigenvalue weighted by Gasteiger charge is 2.21. The lowest BCUT2D eigenvalue weighted by Crippen LogP contribution is -2.31. The summed E-state index contributed by atoms with van der Waals surface area (Å²) >= 11 is 0. The van der Waals surface area contributed by atoms with Gasteiger partial charge in [-0.1, -0.05) is 32.4 Å². The van der Waals surface area contributed by atoms with E-state index in [0.717, 1.165) is 30.6 Å². The van der Waals surface area contributed by atoms with Crippen LogP contribution in [0.5, 0.6) is 5.75 Å². The van der Waals surface area contributed by atoms with Crippen molar-refractivity contribution in [2.24, 2.45) is 5.73 Å². The molecule has 0 bridgehead atoms. The molecule has 0 aromatic heterocycles. The zero-order valence-corrected chi connectivity index (χ0v) is 12.6. The topological polar surface area (TPSA) is 44.5 Å². The summed E-state index contributed by atoms with van der Waals surface area (Å²) in [7, 11) is 1.67.